The van der Waals surface area contributed by atoms with E-state index in [4.69, 9.17) is 9.41 Å². The Morgan fingerprint density at radius 2 is 1.81 bits per heavy atom. The number of nitrogens with one attached hydrogen (secondary N) is 1. The van der Waals surface area contributed by atoms with Crippen molar-refractivity contribution in [3.63, 3.8) is 0 Å². The number of guanidine groups is 1. The fourth-order valence-corrected chi connectivity index (χ4v) is 3.53. The molecule has 0 aliphatic carbocycles. The molecular formula is C23H30IN7O. The number of benzene rings is 1. The van der Waals surface area contributed by atoms with Gasteiger partial charge in [0.2, 0.25) is 11.8 Å². The normalized spacial score (nSPS) is 14.2. The van der Waals surface area contributed by atoms with Crippen LogP contribution in [-0.2, 0) is 6.42 Å². The lowest BCUT2D eigenvalue weighted by atomic mass is 10.1. The summed E-state index contributed by atoms with van der Waals surface area (Å²) in [7, 11) is 0. The Morgan fingerprint density at radius 1 is 1.09 bits per heavy atom. The molecule has 8 nitrogen and oxygen atoms in total. The molecule has 1 aliphatic rings. The number of rotatable bonds is 6. The number of aromatic nitrogens is 3. The Balaban J connectivity index is 0.00000289. The highest BCUT2D eigenvalue weighted by Gasteiger charge is 2.21. The number of aliphatic imine (C=N–C) groups is 1. The molecule has 0 unspecified atom stereocenters. The molecule has 0 radical (unpaired) electrons. The molecule has 1 aliphatic heterocycles. The van der Waals surface area contributed by atoms with Gasteiger partial charge < -0.3 is 19.5 Å². The Bertz CT molecular complexity index is 983. The molecule has 3 aromatic rings. The summed E-state index contributed by atoms with van der Waals surface area (Å²) in [5, 5.41) is 3.41. The van der Waals surface area contributed by atoms with Gasteiger partial charge in [0.05, 0.1) is 5.69 Å². The van der Waals surface area contributed by atoms with E-state index in [1.54, 1.807) is 18.7 Å². The monoisotopic (exact) mass is 547 g/mol. The quantitative estimate of drug-likeness (QED) is 0.288. The van der Waals surface area contributed by atoms with Gasteiger partial charge >= 0.3 is 0 Å². The second-order valence-electron chi connectivity index (χ2n) is 7.52. The summed E-state index contributed by atoms with van der Waals surface area (Å²) in [5.74, 6) is 2.39. The predicted octanol–water partition coefficient (Wildman–Crippen LogP) is 3.39. The Labute approximate surface area is 206 Å². The van der Waals surface area contributed by atoms with Gasteiger partial charge in [0.25, 0.3) is 0 Å². The van der Waals surface area contributed by atoms with Crippen LogP contribution in [0.4, 0.5) is 5.95 Å². The Morgan fingerprint density at radius 3 is 2.50 bits per heavy atom. The molecule has 2 aromatic heterocycles. The molecule has 0 bridgehead atoms. The standard InChI is InChI=1S/C23H29N7O.HI/c1-3-24-22(29-13-15-30(16-14-29)23-25-10-4-11-26-23)27-12-9-20-17-31-21(28-20)19-7-5-18(2)6-8-19;/h4-8,10-11,17H,3,9,12-16H2,1-2H3,(H,24,27);1H. The highest BCUT2D eigenvalue weighted by Crippen LogP contribution is 2.19. The molecule has 3 heterocycles. The number of piperazine rings is 1. The van der Waals surface area contributed by atoms with E-state index in [1.165, 1.54) is 5.56 Å². The van der Waals surface area contributed by atoms with Gasteiger partial charge in [-0.25, -0.2) is 15.0 Å². The molecule has 1 aromatic carbocycles. The summed E-state index contributed by atoms with van der Waals surface area (Å²) in [5.41, 5.74) is 3.13. The van der Waals surface area contributed by atoms with Gasteiger partial charge in [-0.15, -0.1) is 24.0 Å². The summed E-state index contributed by atoms with van der Waals surface area (Å²) in [6.45, 7) is 9.16. The maximum absolute atomic E-state index is 5.66. The third-order valence-corrected chi connectivity index (χ3v) is 5.23. The van der Waals surface area contributed by atoms with Crippen LogP contribution in [0.2, 0.25) is 0 Å². The summed E-state index contributed by atoms with van der Waals surface area (Å²) >= 11 is 0. The molecule has 9 heteroatoms. The number of anilines is 1. The van der Waals surface area contributed by atoms with Crippen LogP contribution in [0, 0.1) is 6.92 Å². The fourth-order valence-electron chi connectivity index (χ4n) is 3.53. The zero-order chi connectivity index (χ0) is 21.5. The third-order valence-electron chi connectivity index (χ3n) is 5.23. The zero-order valence-corrected chi connectivity index (χ0v) is 20.9. The maximum Gasteiger partial charge on any atom is 0.226 e. The lowest BCUT2D eigenvalue weighted by Crippen LogP contribution is -2.53. The number of hydrogen-bond donors (Lipinski definition) is 1. The predicted molar refractivity (Wildman–Crippen MR) is 138 cm³/mol. The molecule has 170 valence electrons. The first kappa shape index (κ1) is 24.0. The van der Waals surface area contributed by atoms with E-state index in [0.717, 1.165) is 62.3 Å². The van der Waals surface area contributed by atoms with Crippen LogP contribution in [0.15, 0.2) is 58.4 Å². The first-order valence-corrected chi connectivity index (χ1v) is 10.8. The van der Waals surface area contributed by atoms with Crippen LogP contribution in [0.25, 0.3) is 11.5 Å². The lowest BCUT2D eigenvalue weighted by Gasteiger charge is -2.36. The minimum Gasteiger partial charge on any atom is -0.444 e. The van der Waals surface area contributed by atoms with Crippen LogP contribution in [-0.4, -0.2) is 65.1 Å². The van der Waals surface area contributed by atoms with E-state index in [-0.39, 0.29) is 24.0 Å². The van der Waals surface area contributed by atoms with E-state index in [1.807, 2.05) is 18.2 Å². The SMILES string of the molecule is CCNC(=NCCc1coc(-c2ccc(C)cc2)n1)N1CCN(c2ncccn2)CC1.I. The summed E-state index contributed by atoms with van der Waals surface area (Å²) in [6, 6.07) is 10.0. The van der Waals surface area contributed by atoms with Crippen molar-refractivity contribution in [2.24, 2.45) is 4.99 Å². The molecule has 0 saturated carbocycles. The molecule has 1 fully saturated rings. The van der Waals surface area contributed by atoms with Crippen molar-refractivity contribution in [1.29, 1.82) is 0 Å². The fraction of sp³-hybridized carbons (Fsp3) is 0.391. The number of halogens is 1. The molecule has 0 amide bonds. The number of aryl methyl sites for hydroxylation is 1. The average Bonchev–Trinajstić information content (AvgIpc) is 3.29. The number of nitrogens with zero attached hydrogens (tertiary/aromatic N) is 6. The Kier molecular flexibility index (Phi) is 8.83. The van der Waals surface area contributed by atoms with Crippen molar-refractivity contribution >= 4 is 35.9 Å². The van der Waals surface area contributed by atoms with Crippen molar-refractivity contribution in [2.45, 2.75) is 20.3 Å². The topological polar surface area (TPSA) is 82.7 Å². The van der Waals surface area contributed by atoms with Crippen LogP contribution >= 0.6 is 24.0 Å². The highest BCUT2D eigenvalue weighted by molar-refractivity contribution is 14.0. The van der Waals surface area contributed by atoms with E-state index in [9.17, 15) is 0 Å². The van der Waals surface area contributed by atoms with E-state index < -0.39 is 0 Å². The minimum absolute atomic E-state index is 0. The van der Waals surface area contributed by atoms with Gasteiger partial charge in [0.15, 0.2) is 5.96 Å². The first-order valence-electron chi connectivity index (χ1n) is 10.8. The van der Waals surface area contributed by atoms with Crippen LogP contribution < -0.4 is 10.2 Å². The first-order chi connectivity index (χ1) is 15.2. The summed E-state index contributed by atoms with van der Waals surface area (Å²) < 4.78 is 5.66. The molecule has 0 atom stereocenters. The smallest absolute Gasteiger partial charge is 0.226 e. The molecule has 1 saturated heterocycles. The highest BCUT2D eigenvalue weighted by atomic mass is 127. The van der Waals surface area contributed by atoms with Crippen LogP contribution in [0.3, 0.4) is 0 Å². The van der Waals surface area contributed by atoms with Gasteiger partial charge in [-0.2, -0.15) is 0 Å². The van der Waals surface area contributed by atoms with Crippen LogP contribution in [0.1, 0.15) is 18.2 Å². The van der Waals surface area contributed by atoms with E-state index >= 15 is 0 Å². The van der Waals surface area contributed by atoms with Crippen molar-refractivity contribution in [3.8, 4) is 11.5 Å². The molecule has 4 rings (SSSR count). The summed E-state index contributed by atoms with van der Waals surface area (Å²) in [4.78, 5) is 22.7. The lowest BCUT2D eigenvalue weighted by molar-refractivity contribution is 0.370. The Hall–Kier alpha value is -2.69. The van der Waals surface area contributed by atoms with Crippen LogP contribution in [0.5, 0.6) is 0 Å². The summed E-state index contributed by atoms with van der Waals surface area (Å²) in [6.07, 6.45) is 6.04. The van der Waals surface area contributed by atoms with E-state index in [0.29, 0.717) is 12.4 Å². The third kappa shape index (κ3) is 6.18. The molecular weight excluding hydrogens is 517 g/mol. The average molecular weight is 547 g/mol. The van der Waals surface area contributed by atoms with Gasteiger partial charge in [-0.3, -0.25) is 4.99 Å². The largest absolute Gasteiger partial charge is 0.444 e. The van der Waals surface area contributed by atoms with Crippen molar-refractivity contribution in [2.75, 3.05) is 44.2 Å². The van der Waals surface area contributed by atoms with Gasteiger partial charge in [0, 0.05) is 63.6 Å². The van der Waals surface area contributed by atoms with Crippen molar-refractivity contribution in [3.05, 3.63) is 60.2 Å². The second-order valence-corrected chi connectivity index (χ2v) is 7.52. The van der Waals surface area contributed by atoms with Gasteiger partial charge in [-0.1, -0.05) is 17.7 Å². The molecule has 1 N–H and O–H groups in total. The second kappa shape index (κ2) is 11.8. The number of hydrogen-bond acceptors (Lipinski definition) is 6. The number of oxazole rings is 1. The zero-order valence-electron chi connectivity index (χ0n) is 18.6. The van der Waals surface area contributed by atoms with Gasteiger partial charge in [0.1, 0.15) is 6.26 Å². The minimum atomic E-state index is 0. The van der Waals surface area contributed by atoms with E-state index in [2.05, 4.69) is 56.0 Å². The molecule has 32 heavy (non-hydrogen) atoms. The maximum atomic E-state index is 5.66. The van der Waals surface area contributed by atoms with Crippen molar-refractivity contribution < 1.29 is 4.42 Å². The van der Waals surface area contributed by atoms with Crippen molar-refractivity contribution in [1.82, 2.24) is 25.2 Å². The molecule has 0 spiro atoms. The van der Waals surface area contributed by atoms with Gasteiger partial charge in [-0.05, 0) is 32.0 Å².